The van der Waals surface area contributed by atoms with Gasteiger partial charge in [-0.3, -0.25) is 0 Å². The minimum Gasteiger partial charge on any atom is -0.504 e. The van der Waals surface area contributed by atoms with Crippen molar-refractivity contribution in [3.05, 3.63) is 47.0 Å². The highest BCUT2D eigenvalue weighted by molar-refractivity contribution is 5.96. The summed E-state index contributed by atoms with van der Waals surface area (Å²) < 4.78 is 20.7. The van der Waals surface area contributed by atoms with Crippen molar-refractivity contribution in [1.29, 1.82) is 0 Å². The summed E-state index contributed by atoms with van der Waals surface area (Å²) in [7, 11) is 4.37. The van der Waals surface area contributed by atoms with Crippen LogP contribution in [0.4, 0.5) is 0 Å². The fraction of sp³-hybridized carbons (Fsp3) is 0.286. The summed E-state index contributed by atoms with van der Waals surface area (Å²) in [5, 5.41) is 19.8. The Balaban J connectivity index is 1.92. The monoisotopic (exact) mass is 386 g/mol. The minimum absolute atomic E-state index is 0.0593. The fourth-order valence-electron chi connectivity index (χ4n) is 3.17. The van der Waals surface area contributed by atoms with Gasteiger partial charge in [-0.1, -0.05) is 6.07 Å². The van der Waals surface area contributed by atoms with Crippen LogP contribution in [0.2, 0.25) is 0 Å². The average Bonchev–Trinajstić information content (AvgIpc) is 3.03. The van der Waals surface area contributed by atoms with Crippen LogP contribution in [-0.4, -0.2) is 44.1 Å². The maximum absolute atomic E-state index is 12.3. The number of hydrogen-bond donors (Lipinski definition) is 2. The zero-order valence-corrected chi connectivity index (χ0v) is 15.9. The molecule has 1 aliphatic heterocycles. The molecule has 0 saturated carbocycles. The van der Waals surface area contributed by atoms with Gasteiger partial charge >= 0.3 is 5.97 Å². The molecule has 2 aromatic carbocycles. The second-order valence-electron chi connectivity index (χ2n) is 6.38. The minimum atomic E-state index is -0.387. The summed E-state index contributed by atoms with van der Waals surface area (Å²) >= 11 is 0. The van der Waals surface area contributed by atoms with Gasteiger partial charge in [-0.2, -0.15) is 0 Å². The van der Waals surface area contributed by atoms with Gasteiger partial charge in [0.15, 0.2) is 23.0 Å². The van der Waals surface area contributed by atoms with E-state index in [-0.39, 0.29) is 41.5 Å². The first-order chi connectivity index (χ1) is 13.5. The Morgan fingerprint density at radius 3 is 2.29 bits per heavy atom. The van der Waals surface area contributed by atoms with E-state index in [9.17, 15) is 15.0 Å². The van der Waals surface area contributed by atoms with Gasteiger partial charge < -0.3 is 29.2 Å². The quantitative estimate of drug-likeness (QED) is 0.582. The van der Waals surface area contributed by atoms with Crippen LogP contribution in [0.1, 0.15) is 11.1 Å². The molecule has 1 aliphatic rings. The van der Waals surface area contributed by atoms with Crippen LogP contribution in [0.3, 0.4) is 0 Å². The predicted octanol–water partition coefficient (Wildman–Crippen LogP) is 2.92. The summed E-state index contributed by atoms with van der Waals surface area (Å²) in [6.07, 6.45) is 2.25. The Kier molecular flexibility index (Phi) is 5.63. The smallest absolute Gasteiger partial charge is 0.334 e. The molecule has 1 unspecified atom stereocenters. The molecule has 7 heteroatoms. The molecule has 0 bridgehead atoms. The molecule has 1 atom stereocenters. The molecule has 1 saturated heterocycles. The van der Waals surface area contributed by atoms with Crippen molar-refractivity contribution in [2.75, 3.05) is 27.9 Å². The lowest BCUT2D eigenvalue weighted by Gasteiger charge is -2.12. The SMILES string of the molecule is COc1cc(CC2COC(=O)C2=Cc2cc(OC)c(O)c(OC)c2)ccc1O. The number of hydrogen-bond acceptors (Lipinski definition) is 7. The summed E-state index contributed by atoms with van der Waals surface area (Å²) in [4.78, 5) is 12.3. The first kappa shape index (κ1) is 19.4. The van der Waals surface area contributed by atoms with Gasteiger partial charge in [0.2, 0.25) is 5.75 Å². The Morgan fingerprint density at radius 2 is 1.68 bits per heavy atom. The zero-order valence-electron chi connectivity index (χ0n) is 15.9. The lowest BCUT2D eigenvalue weighted by molar-refractivity contribution is -0.135. The van der Waals surface area contributed by atoms with E-state index in [1.54, 1.807) is 36.4 Å². The second kappa shape index (κ2) is 8.12. The van der Waals surface area contributed by atoms with Gasteiger partial charge in [-0.25, -0.2) is 4.79 Å². The number of phenols is 2. The van der Waals surface area contributed by atoms with Gasteiger partial charge in [-0.15, -0.1) is 0 Å². The van der Waals surface area contributed by atoms with Crippen LogP contribution in [0.15, 0.2) is 35.9 Å². The van der Waals surface area contributed by atoms with E-state index in [4.69, 9.17) is 18.9 Å². The molecular weight excluding hydrogens is 364 g/mol. The standard InChI is InChI=1S/C21H22O7/c1-25-17-8-12(4-5-16(17)22)6-14-11-28-21(24)15(14)7-13-9-18(26-2)20(23)19(10-13)27-3/h4-5,7-10,14,22-23H,6,11H2,1-3H3. The third-order valence-electron chi connectivity index (χ3n) is 4.64. The maximum atomic E-state index is 12.3. The van der Waals surface area contributed by atoms with E-state index >= 15 is 0 Å². The highest BCUT2D eigenvalue weighted by atomic mass is 16.5. The number of ether oxygens (including phenoxy) is 4. The van der Waals surface area contributed by atoms with E-state index < -0.39 is 0 Å². The third kappa shape index (κ3) is 3.83. The molecule has 0 aliphatic carbocycles. The molecule has 3 rings (SSSR count). The van der Waals surface area contributed by atoms with E-state index in [1.807, 2.05) is 0 Å². The molecule has 2 aromatic rings. The molecule has 28 heavy (non-hydrogen) atoms. The highest BCUT2D eigenvalue weighted by Gasteiger charge is 2.31. The van der Waals surface area contributed by atoms with Crippen LogP contribution in [0.5, 0.6) is 28.7 Å². The predicted molar refractivity (Wildman–Crippen MR) is 102 cm³/mol. The number of benzene rings is 2. The molecule has 7 nitrogen and oxygen atoms in total. The van der Waals surface area contributed by atoms with Gasteiger partial charge in [0.1, 0.15) is 0 Å². The van der Waals surface area contributed by atoms with Gasteiger partial charge in [0.05, 0.1) is 27.9 Å². The molecule has 0 radical (unpaired) electrons. The first-order valence-corrected chi connectivity index (χ1v) is 8.66. The highest BCUT2D eigenvalue weighted by Crippen LogP contribution is 2.38. The van der Waals surface area contributed by atoms with E-state index in [0.29, 0.717) is 23.3 Å². The average molecular weight is 386 g/mol. The summed E-state index contributed by atoms with van der Waals surface area (Å²) in [6, 6.07) is 8.33. The van der Waals surface area contributed by atoms with Gasteiger partial charge in [0.25, 0.3) is 0 Å². The van der Waals surface area contributed by atoms with Crippen LogP contribution in [0, 0.1) is 5.92 Å². The summed E-state index contributed by atoms with van der Waals surface area (Å²) in [5.74, 6) is 0.281. The molecular formula is C21H22O7. The normalized spacial score (nSPS) is 17.5. The second-order valence-corrected chi connectivity index (χ2v) is 6.38. The zero-order chi connectivity index (χ0) is 20.3. The molecule has 1 fully saturated rings. The maximum Gasteiger partial charge on any atom is 0.334 e. The van der Waals surface area contributed by atoms with Crippen molar-refractivity contribution in [1.82, 2.24) is 0 Å². The Labute approximate surface area is 162 Å². The van der Waals surface area contributed by atoms with Crippen LogP contribution >= 0.6 is 0 Å². The first-order valence-electron chi connectivity index (χ1n) is 8.66. The molecule has 148 valence electrons. The Morgan fingerprint density at radius 1 is 1.04 bits per heavy atom. The number of esters is 1. The lowest BCUT2D eigenvalue weighted by Crippen LogP contribution is -2.07. The topological polar surface area (TPSA) is 94.5 Å². The summed E-state index contributed by atoms with van der Waals surface area (Å²) in [5.41, 5.74) is 2.07. The van der Waals surface area contributed by atoms with Crippen molar-refractivity contribution < 1.29 is 34.0 Å². The van der Waals surface area contributed by atoms with Crippen molar-refractivity contribution in [2.45, 2.75) is 6.42 Å². The number of cyclic esters (lactones) is 1. The number of methoxy groups -OCH3 is 3. The fourth-order valence-corrected chi connectivity index (χ4v) is 3.17. The van der Waals surface area contributed by atoms with Crippen molar-refractivity contribution in [3.8, 4) is 28.7 Å². The number of phenolic OH excluding ortho intramolecular Hbond substituents is 2. The largest absolute Gasteiger partial charge is 0.504 e. The van der Waals surface area contributed by atoms with Gasteiger partial charge in [-0.05, 0) is 47.9 Å². The van der Waals surface area contributed by atoms with Crippen molar-refractivity contribution in [2.24, 2.45) is 5.92 Å². The molecule has 2 N–H and O–H groups in total. The van der Waals surface area contributed by atoms with Crippen LogP contribution < -0.4 is 14.2 Å². The molecule has 1 heterocycles. The lowest BCUT2D eigenvalue weighted by atomic mass is 9.92. The van der Waals surface area contributed by atoms with Crippen LogP contribution in [0.25, 0.3) is 6.08 Å². The van der Waals surface area contributed by atoms with E-state index in [0.717, 1.165) is 5.56 Å². The molecule has 0 aromatic heterocycles. The number of carbonyl (C=O) groups is 1. The Bertz CT molecular complexity index is 892. The number of carbonyl (C=O) groups excluding carboxylic acids is 1. The van der Waals surface area contributed by atoms with E-state index in [2.05, 4.69) is 0 Å². The molecule has 0 amide bonds. The van der Waals surface area contributed by atoms with Crippen molar-refractivity contribution >= 4 is 12.0 Å². The molecule has 0 spiro atoms. The Hall–Kier alpha value is -3.35. The summed E-state index contributed by atoms with van der Waals surface area (Å²) in [6.45, 7) is 0.264. The van der Waals surface area contributed by atoms with Gasteiger partial charge in [0, 0.05) is 11.5 Å². The van der Waals surface area contributed by atoms with E-state index in [1.165, 1.54) is 21.3 Å². The number of aromatic hydroxyl groups is 2. The third-order valence-corrected chi connectivity index (χ3v) is 4.64. The number of rotatable bonds is 6. The van der Waals surface area contributed by atoms with Crippen LogP contribution in [-0.2, 0) is 16.0 Å². The van der Waals surface area contributed by atoms with Crippen molar-refractivity contribution in [3.63, 3.8) is 0 Å².